The van der Waals surface area contributed by atoms with E-state index in [9.17, 15) is 4.79 Å². The molecule has 90 valence electrons. The molecule has 1 heterocycles. The first-order valence-corrected chi connectivity index (χ1v) is 4.48. The van der Waals surface area contributed by atoms with Crippen molar-refractivity contribution < 1.29 is 19.4 Å². The van der Waals surface area contributed by atoms with Crippen LogP contribution in [0.5, 0.6) is 11.8 Å². The molecule has 0 saturated heterocycles. The second-order valence-electron chi connectivity index (χ2n) is 2.81. The van der Waals surface area contributed by atoms with Crippen molar-refractivity contribution >= 4 is 12.0 Å². The Bertz CT molecular complexity index is 444. The molecule has 0 spiro atoms. The highest BCUT2D eigenvalue weighted by Gasteiger charge is 2.16. The molecule has 0 bridgehead atoms. The van der Waals surface area contributed by atoms with E-state index in [0.29, 0.717) is 5.56 Å². The van der Waals surface area contributed by atoms with Crippen LogP contribution < -0.4 is 14.8 Å². The number of amides is 1. The van der Waals surface area contributed by atoms with Gasteiger partial charge in [0.2, 0.25) is 17.7 Å². The number of aromatic nitrogens is 2. The number of nitrogens with zero attached hydrogens (tertiary/aromatic N) is 3. The van der Waals surface area contributed by atoms with Crippen LogP contribution in [0, 0.1) is 11.3 Å². The van der Waals surface area contributed by atoms with E-state index in [2.05, 4.69) is 9.97 Å². The van der Waals surface area contributed by atoms with Gasteiger partial charge in [0.05, 0.1) is 32.3 Å². The Morgan fingerprint density at radius 2 is 1.94 bits per heavy atom. The van der Waals surface area contributed by atoms with Crippen molar-refractivity contribution in [3.05, 3.63) is 5.56 Å². The molecule has 8 heteroatoms. The Kier molecular flexibility index (Phi) is 4.05. The van der Waals surface area contributed by atoms with E-state index < -0.39 is 6.09 Å². The number of anilines is 1. The third-order valence-corrected chi connectivity index (χ3v) is 1.79. The molecule has 1 rings (SSSR count). The molecule has 17 heavy (non-hydrogen) atoms. The quantitative estimate of drug-likeness (QED) is 0.790. The molecule has 0 aliphatic rings. The monoisotopic (exact) mass is 238 g/mol. The lowest BCUT2D eigenvalue weighted by Crippen LogP contribution is -2.12. The van der Waals surface area contributed by atoms with Gasteiger partial charge in [-0.25, -0.2) is 4.79 Å². The summed E-state index contributed by atoms with van der Waals surface area (Å²) in [5.74, 6) is 0.0252. The predicted octanol–water partition coefficient (Wildman–Crippen LogP) is 0.650. The second-order valence-corrected chi connectivity index (χ2v) is 2.81. The predicted molar refractivity (Wildman–Crippen MR) is 56.1 cm³/mol. The van der Waals surface area contributed by atoms with Gasteiger partial charge < -0.3 is 14.6 Å². The summed E-state index contributed by atoms with van der Waals surface area (Å²) in [5, 5.41) is 19.2. The molecule has 1 amide bonds. The van der Waals surface area contributed by atoms with E-state index in [0.717, 1.165) is 0 Å². The fourth-order valence-electron chi connectivity index (χ4n) is 1.16. The third-order valence-electron chi connectivity index (χ3n) is 1.79. The molecule has 2 N–H and O–H groups in total. The van der Waals surface area contributed by atoms with E-state index in [-0.39, 0.29) is 24.1 Å². The molecule has 0 saturated carbocycles. The molecule has 0 fully saturated rings. The van der Waals surface area contributed by atoms with Crippen LogP contribution in [0.4, 0.5) is 10.7 Å². The average Bonchev–Trinajstić information content (AvgIpc) is 2.30. The van der Waals surface area contributed by atoms with Crippen molar-refractivity contribution in [2.24, 2.45) is 0 Å². The molecule has 1 aromatic heterocycles. The number of hydrogen-bond donors (Lipinski definition) is 2. The second kappa shape index (κ2) is 5.50. The van der Waals surface area contributed by atoms with Gasteiger partial charge in [-0.1, -0.05) is 0 Å². The van der Waals surface area contributed by atoms with E-state index in [1.807, 2.05) is 11.4 Å². The Labute approximate surface area is 96.8 Å². The highest BCUT2D eigenvalue weighted by molar-refractivity contribution is 5.80. The van der Waals surface area contributed by atoms with E-state index in [1.54, 1.807) is 0 Å². The smallest absolute Gasteiger partial charge is 0.411 e. The Morgan fingerprint density at radius 3 is 2.29 bits per heavy atom. The molecule has 0 radical (unpaired) electrons. The number of carboxylic acid groups (broad SMARTS) is 1. The first-order valence-electron chi connectivity index (χ1n) is 4.48. The number of nitrogens with one attached hydrogen (secondary N) is 1. The summed E-state index contributed by atoms with van der Waals surface area (Å²) in [4.78, 5) is 18.1. The van der Waals surface area contributed by atoms with Gasteiger partial charge >= 0.3 is 6.09 Å². The van der Waals surface area contributed by atoms with Gasteiger partial charge in [-0.05, 0) is 0 Å². The van der Waals surface area contributed by atoms with Gasteiger partial charge in [0.15, 0.2) is 0 Å². The lowest BCUT2D eigenvalue weighted by molar-refractivity contribution is 0.209. The normalized spacial score (nSPS) is 9.24. The molecule has 0 unspecified atom stereocenters. The molecular weight excluding hydrogens is 228 g/mol. The van der Waals surface area contributed by atoms with E-state index >= 15 is 0 Å². The number of nitriles is 1. The van der Waals surface area contributed by atoms with Gasteiger partial charge in [0.1, 0.15) is 0 Å². The van der Waals surface area contributed by atoms with Crippen LogP contribution in [0.25, 0.3) is 0 Å². The summed E-state index contributed by atoms with van der Waals surface area (Å²) in [7, 11) is 2.71. The number of methoxy groups -OCH3 is 2. The highest BCUT2D eigenvalue weighted by atomic mass is 16.5. The van der Waals surface area contributed by atoms with Gasteiger partial charge in [0.25, 0.3) is 0 Å². The molecule has 0 aliphatic heterocycles. The molecule has 0 aromatic carbocycles. The molecule has 0 atom stereocenters. The number of rotatable bonds is 4. The van der Waals surface area contributed by atoms with Crippen LogP contribution in [-0.2, 0) is 6.42 Å². The maximum atomic E-state index is 10.5. The van der Waals surface area contributed by atoms with Gasteiger partial charge in [0, 0.05) is 0 Å². The largest absolute Gasteiger partial charge is 0.481 e. The minimum Gasteiger partial charge on any atom is -0.481 e. The van der Waals surface area contributed by atoms with Gasteiger partial charge in [-0.3, -0.25) is 5.32 Å². The summed E-state index contributed by atoms with van der Waals surface area (Å²) in [5.41, 5.74) is 0.369. The molecule has 8 nitrogen and oxygen atoms in total. The Balaban J connectivity index is 3.24. The summed E-state index contributed by atoms with van der Waals surface area (Å²) in [6.07, 6.45) is -1.30. The topological polar surface area (TPSA) is 117 Å². The lowest BCUT2D eigenvalue weighted by Gasteiger charge is -2.10. The van der Waals surface area contributed by atoms with E-state index in [1.165, 1.54) is 14.2 Å². The molecule has 0 aliphatic carbocycles. The lowest BCUT2D eigenvalue weighted by atomic mass is 10.2. The fourth-order valence-corrected chi connectivity index (χ4v) is 1.16. The number of ether oxygens (including phenoxy) is 2. The van der Waals surface area contributed by atoms with Crippen LogP contribution in [0.15, 0.2) is 0 Å². The maximum Gasteiger partial charge on any atom is 0.411 e. The zero-order valence-corrected chi connectivity index (χ0v) is 9.22. The van der Waals surface area contributed by atoms with Gasteiger partial charge in [-0.15, -0.1) is 0 Å². The standard InChI is InChI=1S/C9H10N4O4/c1-16-6-5(3-4-10)7(17-2)12-8(11-6)13-9(14)15/h3H2,1-2H3,(H,14,15)(H,11,12,13). The summed E-state index contributed by atoms with van der Waals surface area (Å²) in [6, 6.07) is 1.92. The summed E-state index contributed by atoms with van der Waals surface area (Å²) in [6.45, 7) is 0. The SMILES string of the molecule is COc1nc(NC(=O)O)nc(OC)c1CC#N. The fraction of sp³-hybridized carbons (Fsp3) is 0.333. The number of hydrogen-bond acceptors (Lipinski definition) is 6. The third kappa shape index (κ3) is 2.94. The van der Waals surface area contributed by atoms with Crippen molar-refractivity contribution in [2.45, 2.75) is 6.42 Å². The first kappa shape index (κ1) is 12.5. The van der Waals surface area contributed by atoms with Crippen LogP contribution in [0.3, 0.4) is 0 Å². The van der Waals surface area contributed by atoms with Crippen molar-refractivity contribution in [3.63, 3.8) is 0 Å². The van der Waals surface area contributed by atoms with E-state index in [4.69, 9.17) is 19.8 Å². The van der Waals surface area contributed by atoms with Crippen molar-refractivity contribution in [1.29, 1.82) is 5.26 Å². The summed E-state index contributed by atoms with van der Waals surface area (Å²) < 4.78 is 9.89. The Hall–Kier alpha value is -2.56. The molecular formula is C9H10N4O4. The minimum absolute atomic E-state index is 0.000300. The zero-order chi connectivity index (χ0) is 12.8. The molecule has 1 aromatic rings. The van der Waals surface area contributed by atoms with Crippen molar-refractivity contribution in [2.75, 3.05) is 19.5 Å². The average molecular weight is 238 g/mol. The highest BCUT2D eigenvalue weighted by Crippen LogP contribution is 2.26. The summed E-state index contributed by atoms with van der Waals surface area (Å²) >= 11 is 0. The van der Waals surface area contributed by atoms with Crippen molar-refractivity contribution in [3.8, 4) is 17.8 Å². The van der Waals surface area contributed by atoms with Crippen LogP contribution >= 0.6 is 0 Å². The van der Waals surface area contributed by atoms with Crippen LogP contribution in [0.1, 0.15) is 5.56 Å². The van der Waals surface area contributed by atoms with Crippen LogP contribution in [0.2, 0.25) is 0 Å². The minimum atomic E-state index is -1.30. The van der Waals surface area contributed by atoms with Crippen molar-refractivity contribution in [1.82, 2.24) is 9.97 Å². The zero-order valence-electron chi connectivity index (χ0n) is 9.22. The van der Waals surface area contributed by atoms with Crippen LogP contribution in [-0.4, -0.2) is 35.4 Å². The van der Waals surface area contributed by atoms with Gasteiger partial charge in [-0.2, -0.15) is 15.2 Å². The Morgan fingerprint density at radius 1 is 1.41 bits per heavy atom. The first-order chi connectivity index (χ1) is 8.12. The maximum absolute atomic E-state index is 10.5. The number of carbonyl (C=O) groups is 1.